The van der Waals surface area contributed by atoms with Crippen molar-refractivity contribution in [2.24, 2.45) is 0 Å². The molecule has 2 atom stereocenters. The van der Waals surface area contributed by atoms with Crippen LogP contribution < -0.4 is 14.8 Å². The molecular formula is C32H34BrN3O5S. The number of hydrogen-bond acceptors (Lipinski definition) is 9. The normalized spacial score (nSPS) is 16.7. The van der Waals surface area contributed by atoms with Gasteiger partial charge < -0.3 is 28.8 Å². The van der Waals surface area contributed by atoms with E-state index in [4.69, 9.17) is 23.5 Å². The molecule has 1 N–H and O–H groups in total. The maximum absolute atomic E-state index is 6.57. The number of methoxy groups -OCH3 is 1. The summed E-state index contributed by atoms with van der Waals surface area (Å²) in [6.45, 7) is 3.45. The molecule has 1 fully saturated rings. The zero-order chi connectivity index (χ0) is 27.9. The number of thiophene rings is 1. The van der Waals surface area contributed by atoms with Crippen molar-refractivity contribution in [1.29, 1.82) is 0 Å². The van der Waals surface area contributed by atoms with Crippen LogP contribution in [0.25, 0.3) is 21.5 Å². The van der Waals surface area contributed by atoms with Gasteiger partial charge in [0, 0.05) is 30.5 Å². The molecule has 8 nitrogen and oxygen atoms in total. The van der Waals surface area contributed by atoms with Gasteiger partial charge in [-0.2, -0.15) is 4.98 Å². The van der Waals surface area contributed by atoms with Crippen molar-refractivity contribution < 1.29 is 23.5 Å². The van der Waals surface area contributed by atoms with Crippen LogP contribution in [0.1, 0.15) is 29.4 Å². The van der Waals surface area contributed by atoms with E-state index < -0.39 is 0 Å². The minimum Gasteiger partial charge on any atom is -0.490 e. The largest absolute Gasteiger partial charge is 0.490 e. The predicted octanol–water partition coefficient (Wildman–Crippen LogP) is 6.80. The summed E-state index contributed by atoms with van der Waals surface area (Å²) in [7, 11) is 1.68. The number of hydrogen-bond donors (Lipinski definition) is 1. The van der Waals surface area contributed by atoms with Crippen molar-refractivity contribution >= 4 is 39.1 Å². The minimum atomic E-state index is 0. The van der Waals surface area contributed by atoms with Crippen LogP contribution in [0.5, 0.6) is 11.5 Å². The number of ether oxygens (including phenoxy) is 4. The summed E-state index contributed by atoms with van der Waals surface area (Å²) in [4.78, 5) is 5.40. The maximum Gasteiger partial charge on any atom is 0.264 e. The van der Waals surface area contributed by atoms with Gasteiger partial charge in [-0.1, -0.05) is 59.8 Å². The highest BCUT2D eigenvalue weighted by Gasteiger charge is 2.27. The molecule has 10 heteroatoms. The van der Waals surface area contributed by atoms with Gasteiger partial charge in [0.25, 0.3) is 5.89 Å². The molecule has 2 aromatic heterocycles. The Kier molecular flexibility index (Phi) is 10.6. The Bertz CT molecular complexity index is 1540. The van der Waals surface area contributed by atoms with Crippen LogP contribution >= 0.6 is 28.3 Å². The Labute approximate surface area is 259 Å². The Hall–Kier alpha value is -3.28. The standard InChI is InChI=1S/C32H33N3O5S.BrH/c1-36-16-17-37-31-24(9-8-22-5-2-3-6-27(22)31)20-39-28-19-33-15-14-26(28)23-10-12-25(13-11-23)38-21-30-34-32(35-40-30)29-7-4-18-41-29;/h2-13,18,26,28,33H,14-17,19-21H2,1H3;1H. The number of nitrogens with zero attached hydrogens (tertiary/aromatic N) is 2. The second-order valence-electron chi connectivity index (χ2n) is 9.91. The highest BCUT2D eigenvalue weighted by molar-refractivity contribution is 8.93. The number of piperidine rings is 1. The van der Waals surface area contributed by atoms with Gasteiger partial charge in [0.15, 0.2) is 6.61 Å². The molecule has 42 heavy (non-hydrogen) atoms. The van der Waals surface area contributed by atoms with E-state index in [-0.39, 0.29) is 35.6 Å². The first-order valence-electron chi connectivity index (χ1n) is 13.8. The van der Waals surface area contributed by atoms with E-state index in [0.717, 1.165) is 52.2 Å². The van der Waals surface area contributed by atoms with Crippen LogP contribution in [0.2, 0.25) is 0 Å². The molecule has 1 aliphatic heterocycles. The highest BCUT2D eigenvalue weighted by Crippen LogP contribution is 2.34. The summed E-state index contributed by atoms with van der Waals surface area (Å²) < 4.78 is 29.2. The third-order valence-corrected chi connectivity index (χ3v) is 8.12. The molecule has 2 unspecified atom stereocenters. The van der Waals surface area contributed by atoms with E-state index in [1.807, 2.05) is 41.8 Å². The minimum absolute atomic E-state index is 0. The fourth-order valence-corrected chi connectivity index (χ4v) is 5.81. The summed E-state index contributed by atoms with van der Waals surface area (Å²) in [5.41, 5.74) is 2.27. The maximum atomic E-state index is 6.57. The second kappa shape index (κ2) is 14.8. The quantitative estimate of drug-likeness (QED) is 0.147. The molecule has 5 aromatic rings. The molecule has 220 valence electrons. The molecular weight excluding hydrogens is 618 g/mol. The van der Waals surface area contributed by atoms with Crippen LogP contribution in [-0.2, 0) is 22.7 Å². The smallest absolute Gasteiger partial charge is 0.264 e. The fraction of sp³-hybridized carbons (Fsp3) is 0.312. The van der Waals surface area contributed by atoms with Gasteiger partial charge in [-0.05, 0) is 47.5 Å². The Morgan fingerprint density at radius 1 is 0.952 bits per heavy atom. The van der Waals surface area contributed by atoms with Gasteiger partial charge in [0.1, 0.15) is 18.1 Å². The van der Waals surface area contributed by atoms with E-state index in [2.05, 4.69) is 51.9 Å². The zero-order valence-corrected chi connectivity index (χ0v) is 25.9. The van der Waals surface area contributed by atoms with Crippen molar-refractivity contribution in [3.8, 4) is 22.2 Å². The fourth-order valence-electron chi connectivity index (χ4n) is 5.16. The van der Waals surface area contributed by atoms with E-state index in [9.17, 15) is 0 Å². The van der Waals surface area contributed by atoms with E-state index in [1.165, 1.54) is 5.56 Å². The van der Waals surface area contributed by atoms with Crippen molar-refractivity contribution in [3.63, 3.8) is 0 Å². The monoisotopic (exact) mass is 651 g/mol. The molecule has 0 aliphatic carbocycles. The average Bonchev–Trinajstić information content (AvgIpc) is 3.73. The lowest BCUT2D eigenvalue weighted by molar-refractivity contribution is 0.00951. The van der Waals surface area contributed by atoms with Gasteiger partial charge in [-0.25, -0.2) is 0 Å². The average molecular weight is 653 g/mol. The van der Waals surface area contributed by atoms with Gasteiger partial charge in [0.05, 0.1) is 24.2 Å². The van der Waals surface area contributed by atoms with Gasteiger partial charge in [-0.3, -0.25) is 0 Å². The molecule has 1 saturated heterocycles. The molecule has 0 saturated carbocycles. The predicted molar refractivity (Wildman–Crippen MR) is 169 cm³/mol. The van der Waals surface area contributed by atoms with Crippen molar-refractivity contribution in [2.45, 2.75) is 31.7 Å². The third kappa shape index (κ3) is 7.19. The lowest BCUT2D eigenvalue weighted by atomic mass is 9.87. The molecule has 0 amide bonds. The number of halogens is 1. The van der Waals surface area contributed by atoms with Gasteiger partial charge >= 0.3 is 0 Å². The Balaban J connectivity index is 0.00000353. The lowest BCUT2D eigenvalue weighted by Gasteiger charge is -2.33. The summed E-state index contributed by atoms with van der Waals surface area (Å²) in [5, 5.41) is 11.8. The van der Waals surface area contributed by atoms with E-state index >= 15 is 0 Å². The zero-order valence-electron chi connectivity index (χ0n) is 23.4. The van der Waals surface area contributed by atoms with Crippen LogP contribution in [-0.4, -0.2) is 49.7 Å². The van der Waals surface area contributed by atoms with E-state index in [0.29, 0.717) is 31.5 Å². The van der Waals surface area contributed by atoms with Crippen molar-refractivity contribution in [1.82, 2.24) is 15.5 Å². The first-order valence-corrected chi connectivity index (χ1v) is 14.7. The van der Waals surface area contributed by atoms with Crippen LogP contribution in [0.15, 0.2) is 82.7 Å². The van der Waals surface area contributed by atoms with E-state index in [1.54, 1.807) is 18.4 Å². The first-order chi connectivity index (χ1) is 20.3. The molecule has 0 radical (unpaired) electrons. The molecule has 1 aliphatic rings. The SMILES string of the molecule is Br.COCCOc1c(COC2CNCCC2c2ccc(OCc3nc(-c4cccs4)no3)cc2)ccc2ccccc12. The number of fused-ring (bicyclic) bond motifs is 1. The van der Waals surface area contributed by atoms with Gasteiger partial charge in [-0.15, -0.1) is 28.3 Å². The summed E-state index contributed by atoms with van der Waals surface area (Å²) >= 11 is 1.57. The van der Waals surface area contributed by atoms with Crippen LogP contribution in [0.3, 0.4) is 0 Å². The molecule has 3 heterocycles. The Morgan fingerprint density at radius 3 is 2.67 bits per heavy atom. The molecule has 0 bridgehead atoms. The van der Waals surface area contributed by atoms with Crippen LogP contribution in [0, 0.1) is 0 Å². The van der Waals surface area contributed by atoms with Crippen molar-refractivity contribution in [3.05, 3.63) is 95.2 Å². The van der Waals surface area contributed by atoms with Crippen molar-refractivity contribution in [2.75, 3.05) is 33.4 Å². The number of benzene rings is 3. The highest BCUT2D eigenvalue weighted by atomic mass is 79.9. The molecule has 6 rings (SSSR count). The number of nitrogens with one attached hydrogen (secondary N) is 1. The van der Waals surface area contributed by atoms with Gasteiger partial charge in [0.2, 0.25) is 5.82 Å². The third-order valence-electron chi connectivity index (χ3n) is 7.25. The molecule has 3 aromatic carbocycles. The summed E-state index contributed by atoms with van der Waals surface area (Å²) in [6, 6.07) is 24.7. The molecule has 0 spiro atoms. The lowest BCUT2D eigenvalue weighted by Crippen LogP contribution is -2.41. The second-order valence-corrected chi connectivity index (χ2v) is 10.9. The topological polar surface area (TPSA) is 87.9 Å². The summed E-state index contributed by atoms with van der Waals surface area (Å²) in [5.74, 6) is 2.93. The number of aromatic nitrogens is 2. The summed E-state index contributed by atoms with van der Waals surface area (Å²) in [6.07, 6.45) is 1.02. The number of rotatable bonds is 12. The van der Waals surface area contributed by atoms with Crippen LogP contribution in [0.4, 0.5) is 0 Å². The Morgan fingerprint density at radius 2 is 1.83 bits per heavy atom. The first kappa shape index (κ1) is 30.2.